The third-order valence-corrected chi connectivity index (χ3v) is 12.9. The Hall–Kier alpha value is -6.78. The van der Waals surface area contributed by atoms with Gasteiger partial charge >= 0.3 is 12.0 Å². The Kier molecular flexibility index (Phi) is 14.2. The highest BCUT2D eigenvalue weighted by Crippen LogP contribution is 2.36. The smallest absolute Gasteiger partial charge is 0.318 e. The van der Waals surface area contributed by atoms with E-state index in [4.69, 9.17) is 53.1 Å². The van der Waals surface area contributed by atoms with Crippen molar-refractivity contribution in [1.29, 1.82) is 0 Å². The van der Waals surface area contributed by atoms with Crippen molar-refractivity contribution >= 4 is 44.8 Å². The van der Waals surface area contributed by atoms with E-state index < -0.39 is 0 Å². The zero-order valence-electron chi connectivity index (χ0n) is 39.9. The van der Waals surface area contributed by atoms with E-state index in [2.05, 4.69) is 107 Å². The van der Waals surface area contributed by atoms with Crippen molar-refractivity contribution in [3.63, 3.8) is 0 Å². The average molecular weight is 933 g/mol. The molecule has 15 nitrogen and oxygen atoms in total. The highest BCUT2D eigenvalue weighted by atomic mass is 16.5. The molecule has 0 radical (unpaired) electrons. The van der Waals surface area contributed by atoms with Gasteiger partial charge < -0.3 is 48.3 Å². The molecule has 0 aliphatic carbocycles. The molecule has 358 valence electrons. The van der Waals surface area contributed by atoms with Crippen LogP contribution in [0.1, 0.15) is 28.4 Å². The minimum absolute atomic E-state index is 0.210. The lowest BCUT2D eigenvalue weighted by Gasteiger charge is -2.35. The molecule has 5 aromatic carbocycles. The van der Waals surface area contributed by atoms with Crippen LogP contribution in [0.4, 0.5) is 23.0 Å². The first-order valence-corrected chi connectivity index (χ1v) is 23.9. The Labute approximate surface area is 403 Å². The van der Waals surface area contributed by atoms with Crippen LogP contribution in [0.5, 0.6) is 23.5 Å². The predicted octanol–water partition coefficient (Wildman–Crippen LogP) is 8.36. The minimum Gasteiger partial charge on any atom is -0.493 e. The molecule has 1 atom stereocenters. The summed E-state index contributed by atoms with van der Waals surface area (Å²) in [6, 6.07) is 34.4. The Bertz CT molecular complexity index is 2890. The molecular weight excluding hydrogens is 873 g/mol. The molecule has 15 heteroatoms. The van der Waals surface area contributed by atoms with Crippen LogP contribution in [-0.2, 0) is 20.6 Å². The molecule has 2 aromatic heterocycles. The van der Waals surface area contributed by atoms with Gasteiger partial charge in [-0.05, 0) is 96.3 Å². The van der Waals surface area contributed by atoms with E-state index in [1.807, 2.05) is 24.3 Å². The van der Waals surface area contributed by atoms with E-state index in [9.17, 15) is 0 Å². The number of methoxy groups -OCH3 is 2. The Morgan fingerprint density at radius 3 is 2.00 bits per heavy atom. The summed E-state index contributed by atoms with van der Waals surface area (Å²) in [4.78, 5) is 26.8. The zero-order chi connectivity index (χ0) is 47.1. The number of benzene rings is 5. The van der Waals surface area contributed by atoms with Crippen LogP contribution in [0.3, 0.4) is 0 Å². The topological polar surface area (TPSA) is 138 Å². The van der Waals surface area contributed by atoms with Crippen molar-refractivity contribution < 1.29 is 33.2 Å². The van der Waals surface area contributed by atoms with Crippen LogP contribution >= 0.6 is 0 Å². The standard InChI is InChI=1S/C54H60N8O7/c1-36-5-8-39(9-6-36)40-10-12-46-44(33-40)52(59-54(56-46)69-27-18-60-16-23-65-24-17-60)62-21-28-67-50(35-62)41-29-37(2)30-43(32-41)55-42-11-13-47-45(34-42)51(61-19-25-66-26-20-61)58-53(57-47)68-22-15-38-7-14-48(63-3)49(31-38)64-4/h5-14,29-34,50,55H,15-28,35H2,1-4H3. The van der Waals surface area contributed by atoms with Crippen molar-refractivity contribution in [3.8, 4) is 34.6 Å². The van der Waals surface area contributed by atoms with Gasteiger partial charge in [0, 0.05) is 74.4 Å². The number of aryl methyl sites for hydroxylation is 2. The van der Waals surface area contributed by atoms with Gasteiger partial charge in [-0.3, -0.25) is 4.90 Å². The van der Waals surface area contributed by atoms with E-state index in [0.29, 0.717) is 76.1 Å². The number of ether oxygens (including phenoxy) is 7. The number of aromatic nitrogens is 4. The molecule has 69 heavy (non-hydrogen) atoms. The molecule has 7 aromatic rings. The third-order valence-electron chi connectivity index (χ3n) is 12.9. The number of hydrogen-bond acceptors (Lipinski definition) is 15. The van der Waals surface area contributed by atoms with Crippen molar-refractivity contribution in [2.75, 3.05) is 121 Å². The molecule has 3 fully saturated rings. The summed E-state index contributed by atoms with van der Waals surface area (Å²) in [5, 5.41) is 5.62. The van der Waals surface area contributed by atoms with Gasteiger partial charge in [-0.15, -0.1) is 0 Å². The highest BCUT2D eigenvalue weighted by Gasteiger charge is 2.27. The summed E-state index contributed by atoms with van der Waals surface area (Å²) in [6.45, 7) is 13.7. The average Bonchev–Trinajstić information content (AvgIpc) is 3.38. The first-order valence-electron chi connectivity index (χ1n) is 23.9. The van der Waals surface area contributed by atoms with Gasteiger partial charge in [0.25, 0.3) is 0 Å². The molecular formula is C54H60N8O7. The summed E-state index contributed by atoms with van der Waals surface area (Å²) in [6.07, 6.45) is 0.442. The van der Waals surface area contributed by atoms with Crippen LogP contribution in [-0.4, -0.2) is 131 Å². The molecule has 10 rings (SSSR count). The van der Waals surface area contributed by atoms with E-state index in [-0.39, 0.29) is 6.10 Å². The molecule has 1 unspecified atom stereocenters. The van der Waals surface area contributed by atoms with Gasteiger partial charge in [0.15, 0.2) is 11.5 Å². The number of fused-ring (bicyclic) bond motifs is 2. The zero-order valence-corrected chi connectivity index (χ0v) is 39.9. The maximum atomic E-state index is 6.56. The van der Waals surface area contributed by atoms with Gasteiger partial charge in [-0.1, -0.05) is 48.0 Å². The van der Waals surface area contributed by atoms with E-state index >= 15 is 0 Å². The first kappa shape index (κ1) is 46.0. The molecule has 0 bridgehead atoms. The Balaban J connectivity index is 0.890. The van der Waals surface area contributed by atoms with Crippen LogP contribution < -0.4 is 34.1 Å². The van der Waals surface area contributed by atoms with E-state index in [1.165, 1.54) is 5.56 Å². The van der Waals surface area contributed by atoms with Gasteiger partial charge in [0.1, 0.15) is 24.3 Å². The number of hydrogen-bond donors (Lipinski definition) is 1. The van der Waals surface area contributed by atoms with E-state index in [1.54, 1.807) is 14.2 Å². The molecule has 0 saturated carbocycles. The SMILES string of the molecule is COc1ccc(CCOc2nc(N3CCOCC3)c3cc(Nc4cc(C)cc(C5CN(c6nc(OCCN7CCOCC7)nc7ccc(-c8ccc(C)cc8)cc67)CCO5)c4)ccc3n2)cc1OC. The van der Waals surface area contributed by atoms with E-state index in [0.717, 1.165) is 119 Å². The lowest BCUT2D eigenvalue weighted by Crippen LogP contribution is -2.39. The quantitative estimate of drug-likeness (QED) is 0.0993. The van der Waals surface area contributed by atoms with Crippen molar-refractivity contribution in [2.24, 2.45) is 0 Å². The monoisotopic (exact) mass is 932 g/mol. The molecule has 5 heterocycles. The van der Waals surface area contributed by atoms with Crippen LogP contribution in [0.2, 0.25) is 0 Å². The summed E-state index contributed by atoms with van der Waals surface area (Å²) in [7, 11) is 3.27. The van der Waals surface area contributed by atoms with Gasteiger partial charge in [0.2, 0.25) is 0 Å². The number of nitrogens with zero attached hydrogens (tertiary/aromatic N) is 7. The fraction of sp³-hybridized carbons (Fsp3) is 0.370. The maximum absolute atomic E-state index is 6.56. The molecule has 3 aliphatic heterocycles. The second kappa shape index (κ2) is 21.2. The Morgan fingerprint density at radius 2 is 1.25 bits per heavy atom. The number of rotatable bonds is 16. The summed E-state index contributed by atoms with van der Waals surface area (Å²) in [5.74, 6) is 3.04. The molecule has 0 spiro atoms. The minimum atomic E-state index is -0.210. The lowest BCUT2D eigenvalue weighted by molar-refractivity contribution is 0.0316. The molecule has 3 saturated heterocycles. The van der Waals surface area contributed by atoms with Crippen LogP contribution in [0.25, 0.3) is 32.9 Å². The fourth-order valence-corrected chi connectivity index (χ4v) is 9.24. The third kappa shape index (κ3) is 10.9. The van der Waals surface area contributed by atoms with Gasteiger partial charge in [-0.25, -0.2) is 0 Å². The second-order valence-electron chi connectivity index (χ2n) is 17.7. The normalized spacial score (nSPS) is 16.7. The first-order chi connectivity index (χ1) is 33.8. The maximum Gasteiger partial charge on any atom is 0.318 e. The molecule has 0 amide bonds. The number of anilines is 4. The number of morpholine rings is 3. The van der Waals surface area contributed by atoms with Crippen LogP contribution in [0, 0.1) is 13.8 Å². The van der Waals surface area contributed by atoms with Crippen molar-refractivity contribution in [2.45, 2.75) is 26.4 Å². The largest absolute Gasteiger partial charge is 0.493 e. The summed E-state index contributed by atoms with van der Waals surface area (Å²) in [5.41, 5.74) is 10.3. The van der Waals surface area contributed by atoms with Gasteiger partial charge in [0.05, 0.1) is 64.9 Å². The molecule has 1 N–H and O–H groups in total. The second-order valence-corrected chi connectivity index (χ2v) is 17.7. The van der Waals surface area contributed by atoms with Crippen molar-refractivity contribution in [1.82, 2.24) is 24.8 Å². The molecule has 3 aliphatic rings. The highest BCUT2D eigenvalue weighted by molar-refractivity contribution is 5.94. The fourth-order valence-electron chi connectivity index (χ4n) is 9.24. The predicted molar refractivity (Wildman–Crippen MR) is 269 cm³/mol. The van der Waals surface area contributed by atoms with Gasteiger partial charge in [-0.2, -0.15) is 19.9 Å². The Morgan fingerprint density at radius 1 is 0.580 bits per heavy atom. The van der Waals surface area contributed by atoms with Crippen molar-refractivity contribution in [3.05, 3.63) is 119 Å². The number of nitrogens with one attached hydrogen (secondary N) is 1. The summed E-state index contributed by atoms with van der Waals surface area (Å²) >= 11 is 0. The lowest BCUT2D eigenvalue weighted by atomic mass is 10.0. The summed E-state index contributed by atoms with van der Waals surface area (Å²) < 4.78 is 41.3. The van der Waals surface area contributed by atoms with Crippen LogP contribution in [0.15, 0.2) is 97.1 Å².